The summed E-state index contributed by atoms with van der Waals surface area (Å²) in [5, 5.41) is 4.00. The summed E-state index contributed by atoms with van der Waals surface area (Å²) in [5.74, 6) is -1.01. The standard InChI is InChI=1S/C10H8FN3OS/c11-7-3-6(12)1-2-8(7)14-10(15)9-4-16-5-13-9/h1-5H,12H2,(H,14,15). The van der Waals surface area contributed by atoms with Gasteiger partial charge < -0.3 is 11.1 Å². The Morgan fingerprint density at radius 2 is 2.31 bits per heavy atom. The normalized spacial score (nSPS) is 10.1. The van der Waals surface area contributed by atoms with Crippen LogP contribution in [0.5, 0.6) is 0 Å². The monoisotopic (exact) mass is 237 g/mol. The molecule has 1 heterocycles. The number of carbonyl (C=O) groups excluding carboxylic acids is 1. The number of hydrogen-bond donors (Lipinski definition) is 2. The van der Waals surface area contributed by atoms with Gasteiger partial charge in [-0.1, -0.05) is 0 Å². The zero-order chi connectivity index (χ0) is 11.5. The first-order chi connectivity index (χ1) is 7.66. The van der Waals surface area contributed by atoms with Crippen molar-refractivity contribution in [2.45, 2.75) is 0 Å². The Kier molecular flexibility index (Phi) is 2.82. The number of nitrogens with one attached hydrogen (secondary N) is 1. The number of amides is 1. The van der Waals surface area contributed by atoms with Gasteiger partial charge in [-0.05, 0) is 18.2 Å². The molecule has 3 N–H and O–H groups in total. The van der Waals surface area contributed by atoms with Crippen LogP contribution < -0.4 is 11.1 Å². The molecule has 16 heavy (non-hydrogen) atoms. The van der Waals surface area contributed by atoms with Crippen LogP contribution >= 0.6 is 11.3 Å². The van der Waals surface area contributed by atoms with E-state index < -0.39 is 11.7 Å². The van der Waals surface area contributed by atoms with E-state index in [-0.39, 0.29) is 11.4 Å². The van der Waals surface area contributed by atoms with Crippen LogP contribution in [-0.4, -0.2) is 10.9 Å². The van der Waals surface area contributed by atoms with Crippen molar-refractivity contribution >= 4 is 28.6 Å². The molecule has 0 atom stereocenters. The lowest BCUT2D eigenvalue weighted by molar-refractivity contribution is 0.102. The van der Waals surface area contributed by atoms with Crippen molar-refractivity contribution < 1.29 is 9.18 Å². The Morgan fingerprint density at radius 3 is 2.94 bits per heavy atom. The van der Waals surface area contributed by atoms with E-state index in [9.17, 15) is 9.18 Å². The van der Waals surface area contributed by atoms with Crippen LogP contribution in [0.3, 0.4) is 0 Å². The summed E-state index contributed by atoms with van der Waals surface area (Å²) >= 11 is 1.30. The molecule has 2 rings (SSSR count). The molecular formula is C10H8FN3OS. The number of nitrogens with zero attached hydrogens (tertiary/aromatic N) is 1. The summed E-state index contributed by atoms with van der Waals surface area (Å²) in [5.41, 5.74) is 7.59. The lowest BCUT2D eigenvalue weighted by Gasteiger charge is -2.04. The minimum Gasteiger partial charge on any atom is -0.399 e. The van der Waals surface area contributed by atoms with Crippen LogP contribution in [0.1, 0.15) is 10.5 Å². The highest BCUT2D eigenvalue weighted by atomic mass is 32.1. The van der Waals surface area contributed by atoms with Crippen LogP contribution in [0, 0.1) is 5.82 Å². The quantitative estimate of drug-likeness (QED) is 0.786. The molecule has 6 heteroatoms. The number of halogens is 1. The van der Waals surface area contributed by atoms with E-state index in [0.29, 0.717) is 5.69 Å². The number of benzene rings is 1. The summed E-state index contributed by atoms with van der Waals surface area (Å²) in [6, 6.07) is 4.07. The van der Waals surface area contributed by atoms with E-state index in [4.69, 9.17) is 5.73 Å². The van der Waals surface area contributed by atoms with Gasteiger partial charge in [0.05, 0.1) is 11.2 Å². The van der Waals surface area contributed by atoms with Gasteiger partial charge in [0, 0.05) is 11.1 Å². The highest BCUT2D eigenvalue weighted by Crippen LogP contribution is 2.17. The molecule has 2 aromatic rings. The Bertz CT molecular complexity index is 513. The molecule has 0 aliphatic rings. The number of nitrogens with two attached hydrogens (primary N) is 1. The van der Waals surface area contributed by atoms with E-state index in [1.165, 1.54) is 29.0 Å². The zero-order valence-corrected chi connectivity index (χ0v) is 8.92. The van der Waals surface area contributed by atoms with Gasteiger partial charge in [-0.3, -0.25) is 4.79 Å². The topological polar surface area (TPSA) is 68.0 Å². The third kappa shape index (κ3) is 2.17. The SMILES string of the molecule is Nc1ccc(NC(=O)c2cscn2)c(F)c1. The first-order valence-corrected chi connectivity index (χ1v) is 5.35. The summed E-state index contributed by atoms with van der Waals surface area (Å²) in [4.78, 5) is 15.4. The van der Waals surface area contributed by atoms with Gasteiger partial charge in [-0.25, -0.2) is 9.37 Å². The highest BCUT2D eigenvalue weighted by Gasteiger charge is 2.10. The van der Waals surface area contributed by atoms with E-state index in [1.54, 1.807) is 5.38 Å². The molecule has 4 nitrogen and oxygen atoms in total. The smallest absolute Gasteiger partial charge is 0.275 e. The molecule has 0 radical (unpaired) electrons. The summed E-state index contributed by atoms with van der Waals surface area (Å²) in [6.07, 6.45) is 0. The van der Waals surface area contributed by atoms with Crippen molar-refractivity contribution in [3.63, 3.8) is 0 Å². The van der Waals surface area contributed by atoms with Crippen LogP contribution in [0.4, 0.5) is 15.8 Å². The zero-order valence-electron chi connectivity index (χ0n) is 8.11. The maximum atomic E-state index is 13.3. The van der Waals surface area contributed by atoms with Crippen molar-refractivity contribution in [2.24, 2.45) is 0 Å². The predicted octanol–water partition coefficient (Wildman–Crippen LogP) is 2.12. The van der Waals surface area contributed by atoms with Gasteiger partial charge in [-0.2, -0.15) is 0 Å². The maximum Gasteiger partial charge on any atom is 0.275 e. The van der Waals surface area contributed by atoms with E-state index in [2.05, 4.69) is 10.3 Å². The molecule has 0 saturated carbocycles. The molecule has 82 valence electrons. The first kappa shape index (κ1) is 10.6. The molecular weight excluding hydrogens is 229 g/mol. The molecule has 1 amide bonds. The second kappa shape index (κ2) is 4.28. The van der Waals surface area contributed by atoms with Gasteiger partial charge in [-0.15, -0.1) is 11.3 Å². The fourth-order valence-corrected chi connectivity index (χ4v) is 1.68. The number of anilines is 2. The van der Waals surface area contributed by atoms with Gasteiger partial charge in [0.2, 0.25) is 0 Å². The molecule has 0 fully saturated rings. The average molecular weight is 237 g/mol. The molecule has 1 aromatic heterocycles. The lowest BCUT2D eigenvalue weighted by atomic mass is 10.2. The van der Waals surface area contributed by atoms with Gasteiger partial charge in [0.25, 0.3) is 5.91 Å². The van der Waals surface area contributed by atoms with Crippen LogP contribution in [0.15, 0.2) is 29.1 Å². The average Bonchev–Trinajstić information content (AvgIpc) is 2.75. The number of thiazole rings is 1. The molecule has 0 unspecified atom stereocenters. The fraction of sp³-hybridized carbons (Fsp3) is 0. The van der Waals surface area contributed by atoms with Crippen molar-refractivity contribution in [1.82, 2.24) is 4.98 Å². The molecule has 0 saturated heterocycles. The molecule has 0 aliphatic carbocycles. The minimum absolute atomic E-state index is 0.0900. The number of hydrogen-bond acceptors (Lipinski definition) is 4. The van der Waals surface area contributed by atoms with Crippen molar-refractivity contribution in [1.29, 1.82) is 0 Å². The molecule has 0 spiro atoms. The summed E-state index contributed by atoms with van der Waals surface area (Å²) in [7, 11) is 0. The van der Waals surface area contributed by atoms with Gasteiger partial charge in [0.15, 0.2) is 0 Å². The van der Waals surface area contributed by atoms with Crippen LogP contribution in [0.25, 0.3) is 0 Å². The highest BCUT2D eigenvalue weighted by molar-refractivity contribution is 7.07. The second-order valence-electron chi connectivity index (χ2n) is 3.07. The lowest BCUT2D eigenvalue weighted by Crippen LogP contribution is -2.13. The Morgan fingerprint density at radius 1 is 1.50 bits per heavy atom. The number of carbonyl (C=O) groups is 1. The van der Waals surface area contributed by atoms with E-state index >= 15 is 0 Å². The predicted molar refractivity (Wildman–Crippen MR) is 60.9 cm³/mol. The van der Waals surface area contributed by atoms with Gasteiger partial charge in [0.1, 0.15) is 11.5 Å². The maximum absolute atomic E-state index is 13.3. The minimum atomic E-state index is -0.566. The van der Waals surface area contributed by atoms with Crippen LogP contribution in [0.2, 0.25) is 0 Å². The van der Waals surface area contributed by atoms with E-state index in [0.717, 1.165) is 6.07 Å². The van der Waals surface area contributed by atoms with Crippen molar-refractivity contribution in [3.05, 3.63) is 40.6 Å². The third-order valence-corrected chi connectivity index (χ3v) is 2.49. The summed E-state index contributed by atoms with van der Waals surface area (Å²) in [6.45, 7) is 0. The Hall–Kier alpha value is -1.95. The second-order valence-corrected chi connectivity index (χ2v) is 3.79. The van der Waals surface area contributed by atoms with E-state index in [1.807, 2.05) is 0 Å². The van der Waals surface area contributed by atoms with Gasteiger partial charge >= 0.3 is 0 Å². The third-order valence-electron chi connectivity index (χ3n) is 1.91. The molecule has 0 aliphatic heterocycles. The number of aromatic nitrogens is 1. The largest absolute Gasteiger partial charge is 0.399 e. The number of nitrogen functional groups attached to an aromatic ring is 1. The molecule has 1 aromatic carbocycles. The van der Waals surface area contributed by atoms with Crippen molar-refractivity contribution in [2.75, 3.05) is 11.1 Å². The first-order valence-electron chi connectivity index (χ1n) is 4.41. The van der Waals surface area contributed by atoms with Crippen LogP contribution in [-0.2, 0) is 0 Å². The fourth-order valence-electron chi connectivity index (χ4n) is 1.14. The molecule has 0 bridgehead atoms. The number of rotatable bonds is 2. The van der Waals surface area contributed by atoms with Crippen molar-refractivity contribution in [3.8, 4) is 0 Å². The Labute approximate surface area is 94.9 Å². The Balaban J connectivity index is 2.18. The summed E-state index contributed by atoms with van der Waals surface area (Å²) < 4.78 is 13.3.